The lowest BCUT2D eigenvalue weighted by molar-refractivity contribution is 1.32. The van der Waals surface area contributed by atoms with Gasteiger partial charge in [0.25, 0.3) is 0 Å². The molecule has 0 amide bonds. The predicted molar refractivity (Wildman–Crippen MR) is 50.9 cm³/mol. The molecule has 0 aliphatic rings. The molecular formula is C6H3Cl3N2O. The molecule has 0 aromatic heterocycles. The van der Waals surface area contributed by atoms with Crippen LogP contribution >= 0.6 is 34.8 Å². The van der Waals surface area contributed by atoms with Crippen molar-refractivity contribution in [2.45, 2.75) is 0 Å². The summed E-state index contributed by atoms with van der Waals surface area (Å²) in [5.74, 6) is 0. The van der Waals surface area contributed by atoms with Gasteiger partial charge in [-0.3, -0.25) is 0 Å². The SMILES string of the molecule is O=NNc1cc(Cl)c(Cl)c(Cl)c1. The average Bonchev–Trinajstić information content (AvgIpc) is 2.01. The summed E-state index contributed by atoms with van der Waals surface area (Å²) in [7, 11) is 0. The second-order valence-corrected chi connectivity index (χ2v) is 3.15. The first-order valence-electron chi connectivity index (χ1n) is 2.88. The van der Waals surface area contributed by atoms with Crippen LogP contribution in [0.1, 0.15) is 0 Å². The molecule has 0 fully saturated rings. The van der Waals surface area contributed by atoms with Crippen LogP contribution in [0.3, 0.4) is 0 Å². The molecule has 1 aromatic carbocycles. The van der Waals surface area contributed by atoms with Crippen molar-refractivity contribution in [2.24, 2.45) is 5.29 Å². The van der Waals surface area contributed by atoms with E-state index in [1.165, 1.54) is 12.1 Å². The summed E-state index contributed by atoms with van der Waals surface area (Å²) >= 11 is 17.0. The zero-order valence-corrected chi connectivity index (χ0v) is 7.91. The average molecular weight is 225 g/mol. The second kappa shape index (κ2) is 3.94. The van der Waals surface area contributed by atoms with Gasteiger partial charge in [0.15, 0.2) is 0 Å². The standard InChI is InChI=1S/C6H3Cl3N2O/c7-4-1-3(10-11-12)2-5(8)6(4)9/h1-2H,(H,10,12). The van der Waals surface area contributed by atoms with Crippen molar-refractivity contribution >= 4 is 40.5 Å². The lowest BCUT2D eigenvalue weighted by Gasteiger charge is -2.01. The Labute approximate surface area is 83.6 Å². The number of benzene rings is 1. The van der Waals surface area contributed by atoms with Crippen molar-refractivity contribution in [1.29, 1.82) is 0 Å². The quantitative estimate of drug-likeness (QED) is 0.473. The zero-order valence-electron chi connectivity index (χ0n) is 5.64. The molecule has 0 saturated heterocycles. The highest BCUT2D eigenvalue weighted by molar-refractivity contribution is 6.48. The van der Waals surface area contributed by atoms with Crippen LogP contribution in [-0.4, -0.2) is 0 Å². The van der Waals surface area contributed by atoms with Crippen LogP contribution in [0.4, 0.5) is 5.69 Å². The Hall–Kier alpha value is -0.510. The van der Waals surface area contributed by atoms with Gasteiger partial charge < -0.3 is 0 Å². The van der Waals surface area contributed by atoms with E-state index in [1.807, 2.05) is 0 Å². The number of hydrogen-bond donors (Lipinski definition) is 1. The minimum Gasteiger partial charge on any atom is -0.242 e. The van der Waals surface area contributed by atoms with Gasteiger partial charge in [-0.05, 0) is 12.1 Å². The summed E-state index contributed by atoms with van der Waals surface area (Å²) in [6.07, 6.45) is 0. The molecule has 0 aliphatic heterocycles. The van der Waals surface area contributed by atoms with Gasteiger partial charge in [-0.1, -0.05) is 34.8 Å². The minimum absolute atomic E-state index is 0.259. The molecule has 0 unspecified atom stereocenters. The van der Waals surface area contributed by atoms with E-state index in [0.29, 0.717) is 5.69 Å². The van der Waals surface area contributed by atoms with E-state index in [-0.39, 0.29) is 15.1 Å². The molecule has 64 valence electrons. The number of nitroso groups, excluding NO2 is 1. The fraction of sp³-hybridized carbons (Fsp3) is 0. The molecule has 0 bridgehead atoms. The molecule has 0 aliphatic carbocycles. The van der Waals surface area contributed by atoms with Crippen LogP contribution in [-0.2, 0) is 0 Å². The van der Waals surface area contributed by atoms with Crippen LogP contribution in [0.15, 0.2) is 17.4 Å². The lowest BCUT2D eigenvalue weighted by atomic mass is 10.3. The van der Waals surface area contributed by atoms with Crippen molar-refractivity contribution in [1.82, 2.24) is 0 Å². The lowest BCUT2D eigenvalue weighted by Crippen LogP contribution is -1.86. The largest absolute Gasteiger partial charge is 0.242 e. The molecule has 12 heavy (non-hydrogen) atoms. The summed E-state index contributed by atoms with van der Waals surface area (Å²) in [5.41, 5.74) is 2.57. The maximum atomic E-state index is 9.80. The van der Waals surface area contributed by atoms with E-state index in [2.05, 4.69) is 10.7 Å². The molecule has 3 nitrogen and oxygen atoms in total. The van der Waals surface area contributed by atoms with Gasteiger partial charge in [-0.2, -0.15) is 0 Å². The Morgan fingerprint density at radius 2 is 1.67 bits per heavy atom. The zero-order chi connectivity index (χ0) is 9.14. The summed E-state index contributed by atoms with van der Waals surface area (Å²) in [6, 6.07) is 2.91. The Morgan fingerprint density at radius 3 is 2.08 bits per heavy atom. The van der Waals surface area contributed by atoms with E-state index in [9.17, 15) is 4.91 Å². The molecule has 1 rings (SSSR count). The van der Waals surface area contributed by atoms with Crippen molar-refractivity contribution in [3.05, 3.63) is 32.1 Å². The Morgan fingerprint density at radius 1 is 1.17 bits per heavy atom. The Bertz CT molecular complexity index is 293. The summed E-state index contributed by atoms with van der Waals surface area (Å²) in [5, 5.41) is 3.26. The second-order valence-electron chi connectivity index (χ2n) is 1.96. The third kappa shape index (κ3) is 2.00. The molecule has 1 aromatic rings. The van der Waals surface area contributed by atoms with E-state index >= 15 is 0 Å². The molecule has 0 heterocycles. The topological polar surface area (TPSA) is 41.5 Å². The first-order chi connectivity index (χ1) is 5.65. The van der Waals surface area contributed by atoms with Gasteiger partial charge in [0.05, 0.1) is 26.0 Å². The minimum atomic E-state index is 0.259. The van der Waals surface area contributed by atoms with E-state index < -0.39 is 0 Å². The van der Waals surface area contributed by atoms with Crippen molar-refractivity contribution in [3.8, 4) is 0 Å². The molecule has 0 spiro atoms. The van der Waals surface area contributed by atoms with Gasteiger partial charge in [0.2, 0.25) is 0 Å². The summed E-state index contributed by atoms with van der Waals surface area (Å²) in [6.45, 7) is 0. The number of rotatable bonds is 2. The van der Waals surface area contributed by atoms with Gasteiger partial charge in [-0.15, -0.1) is 4.91 Å². The molecule has 6 heteroatoms. The fourth-order valence-electron chi connectivity index (χ4n) is 0.673. The summed E-state index contributed by atoms with van der Waals surface area (Å²) in [4.78, 5) is 9.80. The van der Waals surface area contributed by atoms with Gasteiger partial charge in [0.1, 0.15) is 0 Å². The van der Waals surface area contributed by atoms with Gasteiger partial charge in [-0.25, -0.2) is 5.43 Å². The molecular weight excluding hydrogens is 222 g/mol. The highest BCUT2D eigenvalue weighted by Gasteiger charge is 2.04. The van der Waals surface area contributed by atoms with Crippen molar-refractivity contribution in [3.63, 3.8) is 0 Å². The highest BCUT2D eigenvalue weighted by Crippen LogP contribution is 2.32. The third-order valence-electron chi connectivity index (χ3n) is 1.16. The van der Waals surface area contributed by atoms with Crippen LogP contribution < -0.4 is 5.43 Å². The normalized spacial score (nSPS) is 9.58. The van der Waals surface area contributed by atoms with E-state index in [1.54, 1.807) is 0 Å². The highest BCUT2D eigenvalue weighted by atomic mass is 35.5. The van der Waals surface area contributed by atoms with Crippen molar-refractivity contribution in [2.75, 3.05) is 5.43 Å². The van der Waals surface area contributed by atoms with Crippen LogP contribution in [0.25, 0.3) is 0 Å². The molecule has 0 radical (unpaired) electrons. The number of nitrogens with zero attached hydrogens (tertiary/aromatic N) is 1. The molecule has 1 N–H and O–H groups in total. The van der Waals surface area contributed by atoms with Crippen LogP contribution in [0, 0.1) is 4.91 Å². The van der Waals surface area contributed by atoms with Crippen LogP contribution in [0.5, 0.6) is 0 Å². The number of hydrogen-bond acceptors (Lipinski definition) is 2. The van der Waals surface area contributed by atoms with Gasteiger partial charge >= 0.3 is 0 Å². The van der Waals surface area contributed by atoms with Gasteiger partial charge in [0, 0.05) is 0 Å². The Kier molecular flexibility index (Phi) is 3.14. The first-order valence-corrected chi connectivity index (χ1v) is 4.01. The van der Waals surface area contributed by atoms with Crippen LogP contribution in [0.2, 0.25) is 15.1 Å². The van der Waals surface area contributed by atoms with E-state index in [4.69, 9.17) is 34.8 Å². The third-order valence-corrected chi connectivity index (χ3v) is 2.36. The van der Waals surface area contributed by atoms with Crippen molar-refractivity contribution < 1.29 is 0 Å². The maximum absolute atomic E-state index is 9.80. The smallest absolute Gasteiger partial charge is 0.0780 e. The molecule has 0 atom stereocenters. The Balaban J connectivity index is 3.11. The fourth-order valence-corrected chi connectivity index (χ4v) is 1.27. The number of halogens is 3. The predicted octanol–water partition coefficient (Wildman–Crippen LogP) is 3.74. The van der Waals surface area contributed by atoms with E-state index in [0.717, 1.165) is 0 Å². The summed E-state index contributed by atoms with van der Waals surface area (Å²) < 4.78 is 0. The monoisotopic (exact) mass is 224 g/mol. The number of nitrogens with one attached hydrogen (secondary N) is 1. The number of anilines is 1. The molecule has 0 saturated carbocycles. The first kappa shape index (κ1) is 9.58. The maximum Gasteiger partial charge on any atom is 0.0780 e.